The zero-order valence-corrected chi connectivity index (χ0v) is 14.2. The van der Waals surface area contributed by atoms with Gasteiger partial charge in [-0.2, -0.15) is 0 Å². The van der Waals surface area contributed by atoms with Crippen LogP contribution in [0.3, 0.4) is 0 Å². The van der Waals surface area contributed by atoms with Gasteiger partial charge >= 0.3 is 0 Å². The fourth-order valence-corrected chi connectivity index (χ4v) is 3.21. The molecule has 0 radical (unpaired) electrons. The van der Waals surface area contributed by atoms with E-state index < -0.39 is 0 Å². The van der Waals surface area contributed by atoms with Gasteiger partial charge in [0, 0.05) is 19.0 Å². The molecule has 2 aromatic carbocycles. The number of benzene rings is 2. The largest absolute Gasteiger partial charge is 0.484 e. The van der Waals surface area contributed by atoms with Gasteiger partial charge in [-0.15, -0.1) is 0 Å². The van der Waals surface area contributed by atoms with E-state index in [4.69, 9.17) is 9.15 Å². The highest BCUT2D eigenvalue weighted by atomic mass is 19.1. The van der Waals surface area contributed by atoms with E-state index in [0.29, 0.717) is 18.8 Å². The monoisotopic (exact) mass is 354 g/mol. The summed E-state index contributed by atoms with van der Waals surface area (Å²) in [5.41, 5.74) is 1.67. The third-order valence-electron chi connectivity index (χ3n) is 4.68. The smallest absolute Gasteiger partial charge is 0.260 e. The third kappa shape index (κ3) is 3.54. The van der Waals surface area contributed by atoms with E-state index in [1.165, 1.54) is 24.3 Å². The van der Waals surface area contributed by atoms with Crippen molar-refractivity contribution < 1.29 is 18.3 Å². The molecule has 0 aliphatic carbocycles. The number of fused-ring (bicyclic) bond motifs is 1. The second-order valence-corrected chi connectivity index (χ2v) is 6.42. The molecule has 4 rings (SSSR count). The number of hydrogen-bond donors (Lipinski definition) is 0. The number of nitrogens with zero attached hydrogens (tertiary/aromatic N) is 2. The average molecular weight is 354 g/mol. The van der Waals surface area contributed by atoms with Gasteiger partial charge in [-0.1, -0.05) is 12.1 Å². The van der Waals surface area contributed by atoms with E-state index in [0.717, 1.165) is 29.8 Å². The van der Waals surface area contributed by atoms with E-state index in [-0.39, 0.29) is 24.2 Å². The van der Waals surface area contributed by atoms with E-state index in [1.54, 1.807) is 4.90 Å². The molecule has 0 N–H and O–H groups in total. The van der Waals surface area contributed by atoms with Crippen LogP contribution >= 0.6 is 0 Å². The van der Waals surface area contributed by atoms with E-state index >= 15 is 0 Å². The van der Waals surface area contributed by atoms with E-state index in [1.807, 2.05) is 24.3 Å². The Hall–Kier alpha value is -2.89. The number of aromatic nitrogens is 1. The number of rotatable bonds is 4. The quantitative estimate of drug-likeness (QED) is 0.716. The molecule has 5 nitrogen and oxygen atoms in total. The standard InChI is InChI=1S/C20H19FN2O3/c21-15-5-7-16(8-6-15)25-13-19(24)23-11-9-14(10-12-23)20-22-17-3-1-2-4-18(17)26-20/h1-8,14H,9-13H2. The molecule has 1 fully saturated rings. The minimum atomic E-state index is -0.329. The number of halogens is 1. The number of oxazole rings is 1. The first kappa shape index (κ1) is 16.6. The SMILES string of the molecule is O=C(COc1ccc(F)cc1)N1CCC(c2nc3ccccc3o2)CC1. The Balaban J connectivity index is 1.31. The summed E-state index contributed by atoms with van der Waals surface area (Å²) in [6.07, 6.45) is 1.63. The van der Waals surface area contributed by atoms with Crippen LogP contribution in [0.2, 0.25) is 0 Å². The number of piperidine rings is 1. The maximum Gasteiger partial charge on any atom is 0.260 e. The van der Waals surface area contributed by atoms with Gasteiger partial charge in [0.25, 0.3) is 5.91 Å². The number of hydrogen-bond acceptors (Lipinski definition) is 4. The molecule has 0 saturated carbocycles. The van der Waals surface area contributed by atoms with Gasteiger partial charge in [-0.05, 0) is 49.2 Å². The van der Waals surface area contributed by atoms with Crippen molar-refractivity contribution in [2.75, 3.05) is 19.7 Å². The van der Waals surface area contributed by atoms with Gasteiger partial charge in [0.1, 0.15) is 17.1 Å². The number of likely N-dealkylation sites (tertiary alicyclic amines) is 1. The summed E-state index contributed by atoms with van der Waals surface area (Å²) in [7, 11) is 0. The van der Waals surface area contributed by atoms with Crippen molar-refractivity contribution in [1.29, 1.82) is 0 Å². The molecule has 26 heavy (non-hydrogen) atoms. The molecule has 0 bridgehead atoms. The van der Waals surface area contributed by atoms with Crippen molar-refractivity contribution >= 4 is 17.0 Å². The Morgan fingerprint density at radius 2 is 1.88 bits per heavy atom. The maximum absolute atomic E-state index is 12.9. The Morgan fingerprint density at radius 3 is 2.62 bits per heavy atom. The number of carbonyl (C=O) groups is 1. The highest BCUT2D eigenvalue weighted by Gasteiger charge is 2.27. The van der Waals surface area contributed by atoms with Crippen LogP contribution in [0, 0.1) is 5.82 Å². The van der Waals surface area contributed by atoms with Crippen LogP contribution in [0.5, 0.6) is 5.75 Å². The summed E-state index contributed by atoms with van der Waals surface area (Å²) < 4.78 is 24.2. The predicted molar refractivity (Wildman–Crippen MR) is 94.5 cm³/mol. The Labute approximate surface area is 150 Å². The second-order valence-electron chi connectivity index (χ2n) is 6.42. The molecule has 0 spiro atoms. The van der Waals surface area contributed by atoms with Crippen molar-refractivity contribution in [3.8, 4) is 5.75 Å². The first-order chi connectivity index (χ1) is 12.7. The Morgan fingerprint density at radius 1 is 1.15 bits per heavy atom. The average Bonchev–Trinajstić information content (AvgIpc) is 3.12. The molecule has 3 aromatic rings. The van der Waals surface area contributed by atoms with Crippen LogP contribution < -0.4 is 4.74 Å². The number of amides is 1. The molecule has 134 valence electrons. The lowest BCUT2D eigenvalue weighted by Crippen LogP contribution is -2.40. The van der Waals surface area contributed by atoms with Gasteiger partial charge in [0.2, 0.25) is 0 Å². The first-order valence-electron chi connectivity index (χ1n) is 8.70. The van der Waals surface area contributed by atoms with Gasteiger partial charge in [-0.3, -0.25) is 4.79 Å². The van der Waals surface area contributed by atoms with Gasteiger partial charge in [0.15, 0.2) is 18.1 Å². The van der Waals surface area contributed by atoms with Crippen LogP contribution in [0.15, 0.2) is 52.9 Å². The summed E-state index contributed by atoms with van der Waals surface area (Å²) in [5.74, 6) is 1.07. The lowest BCUT2D eigenvalue weighted by atomic mass is 9.97. The van der Waals surface area contributed by atoms with E-state index in [2.05, 4.69) is 4.98 Å². The fourth-order valence-electron chi connectivity index (χ4n) is 3.21. The van der Waals surface area contributed by atoms with Crippen molar-refractivity contribution in [2.24, 2.45) is 0 Å². The molecule has 1 aromatic heterocycles. The molecule has 2 heterocycles. The normalized spacial score (nSPS) is 15.3. The molecule has 6 heteroatoms. The van der Waals surface area contributed by atoms with Crippen LogP contribution in [0.25, 0.3) is 11.1 Å². The van der Waals surface area contributed by atoms with Crippen molar-refractivity contribution in [2.45, 2.75) is 18.8 Å². The summed E-state index contributed by atoms with van der Waals surface area (Å²) in [5, 5.41) is 0. The molecule has 0 unspecified atom stereocenters. The summed E-state index contributed by atoms with van der Waals surface area (Å²) in [6, 6.07) is 13.4. The van der Waals surface area contributed by atoms with Crippen molar-refractivity contribution in [1.82, 2.24) is 9.88 Å². The minimum absolute atomic E-state index is 0.0425. The molecule has 1 saturated heterocycles. The summed E-state index contributed by atoms with van der Waals surface area (Å²) in [6.45, 7) is 1.25. The van der Waals surface area contributed by atoms with Crippen molar-refractivity contribution in [3.05, 3.63) is 60.2 Å². The Bertz CT molecular complexity index is 866. The van der Waals surface area contributed by atoms with Gasteiger partial charge < -0.3 is 14.1 Å². The number of carbonyl (C=O) groups excluding carboxylic acids is 1. The lowest BCUT2D eigenvalue weighted by Gasteiger charge is -2.30. The zero-order valence-electron chi connectivity index (χ0n) is 14.2. The molecule has 0 atom stereocenters. The van der Waals surface area contributed by atoms with Gasteiger partial charge in [-0.25, -0.2) is 9.37 Å². The predicted octanol–water partition coefficient (Wildman–Crippen LogP) is 3.75. The minimum Gasteiger partial charge on any atom is -0.484 e. The topological polar surface area (TPSA) is 55.6 Å². The third-order valence-corrected chi connectivity index (χ3v) is 4.68. The van der Waals surface area contributed by atoms with Crippen LogP contribution in [0.4, 0.5) is 4.39 Å². The van der Waals surface area contributed by atoms with E-state index in [9.17, 15) is 9.18 Å². The van der Waals surface area contributed by atoms with Crippen LogP contribution in [-0.2, 0) is 4.79 Å². The van der Waals surface area contributed by atoms with Crippen molar-refractivity contribution in [3.63, 3.8) is 0 Å². The maximum atomic E-state index is 12.9. The summed E-state index contributed by atoms with van der Waals surface area (Å²) in [4.78, 5) is 18.7. The molecular formula is C20H19FN2O3. The molecule has 1 aliphatic heterocycles. The molecular weight excluding hydrogens is 335 g/mol. The zero-order chi connectivity index (χ0) is 17.9. The highest BCUT2D eigenvalue weighted by molar-refractivity contribution is 5.78. The second kappa shape index (κ2) is 7.15. The number of para-hydroxylation sites is 2. The highest BCUT2D eigenvalue weighted by Crippen LogP contribution is 2.29. The molecule has 1 aliphatic rings. The van der Waals surface area contributed by atoms with Crippen LogP contribution in [-0.4, -0.2) is 35.5 Å². The Kier molecular flexibility index (Phi) is 4.56. The fraction of sp³-hybridized carbons (Fsp3) is 0.300. The van der Waals surface area contributed by atoms with Crippen LogP contribution in [0.1, 0.15) is 24.7 Å². The lowest BCUT2D eigenvalue weighted by molar-refractivity contribution is -0.134. The van der Waals surface area contributed by atoms with Gasteiger partial charge in [0.05, 0.1) is 0 Å². The summed E-state index contributed by atoms with van der Waals surface area (Å²) >= 11 is 0. The first-order valence-corrected chi connectivity index (χ1v) is 8.70. The number of ether oxygens (including phenoxy) is 1. The molecule has 1 amide bonds.